The van der Waals surface area contributed by atoms with Gasteiger partial charge in [0, 0.05) is 26.3 Å². The minimum absolute atomic E-state index is 0.130. The highest BCUT2D eigenvalue weighted by atomic mass is 32.1. The topological polar surface area (TPSA) is 119 Å². The second-order valence-corrected chi connectivity index (χ2v) is 5.27. The molecule has 0 unspecified atom stereocenters. The standard InChI is InChI=1S/C13H22N4O3S/c1-3-16-12(19)10-9(14)8(11(15)18)13(21-10)17-6-5-7-20-4-2/h17H,3-7,14H2,1-2H3,(H2,15,18)(H,16,19). The van der Waals surface area contributed by atoms with Crippen molar-refractivity contribution in [3.8, 4) is 0 Å². The Hall–Kier alpha value is -1.80. The van der Waals surface area contributed by atoms with Crippen molar-refractivity contribution in [2.75, 3.05) is 37.4 Å². The number of rotatable bonds is 9. The van der Waals surface area contributed by atoms with Gasteiger partial charge in [-0.05, 0) is 20.3 Å². The fraction of sp³-hybridized carbons (Fsp3) is 0.538. The molecule has 0 fully saturated rings. The molecule has 0 aromatic carbocycles. The van der Waals surface area contributed by atoms with E-state index in [1.807, 2.05) is 13.8 Å². The third-order valence-electron chi connectivity index (χ3n) is 2.69. The third-order valence-corrected chi connectivity index (χ3v) is 3.85. The molecule has 0 aliphatic rings. The molecule has 0 radical (unpaired) electrons. The highest BCUT2D eigenvalue weighted by Crippen LogP contribution is 2.35. The molecule has 0 saturated carbocycles. The van der Waals surface area contributed by atoms with E-state index in [-0.39, 0.29) is 17.2 Å². The fourth-order valence-corrected chi connectivity index (χ4v) is 2.81. The predicted molar refractivity (Wildman–Crippen MR) is 84.9 cm³/mol. The van der Waals surface area contributed by atoms with Crippen molar-refractivity contribution in [3.63, 3.8) is 0 Å². The van der Waals surface area contributed by atoms with Crippen molar-refractivity contribution in [1.82, 2.24) is 5.32 Å². The Kier molecular flexibility index (Phi) is 6.97. The average molecular weight is 314 g/mol. The highest BCUT2D eigenvalue weighted by molar-refractivity contribution is 7.19. The summed E-state index contributed by atoms with van der Waals surface area (Å²) in [7, 11) is 0. The minimum atomic E-state index is -0.647. The van der Waals surface area contributed by atoms with Gasteiger partial charge < -0.3 is 26.8 Å². The molecular formula is C13H22N4O3S. The van der Waals surface area contributed by atoms with Crippen LogP contribution in [0.3, 0.4) is 0 Å². The molecule has 0 aliphatic heterocycles. The van der Waals surface area contributed by atoms with Crippen LogP contribution in [0.15, 0.2) is 0 Å². The summed E-state index contributed by atoms with van der Waals surface area (Å²) in [5.41, 5.74) is 11.5. The van der Waals surface area contributed by atoms with E-state index in [2.05, 4.69) is 10.6 Å². The van der Waals surface area contributed by atoms with Crippen LogP contribution in [-0.2, 0) is 4.74 Å². The van der Waals surface area contributed by atoms with Crippen LogP contribution in [0.1, 0.15) is 40.3 Å². The van der Waals surface area contributed by atoms with Gasteiger partial charge in [-0.15, -0.1) is 11.3 Å². The van der Waals surface area contributed by atoms with Crippen LogP contribution < -0.4 is 22.1 Å². The van der Waals surface area contributed by atoms with E-state index in [0.717, 1.165) is 17.8 Å². The molecule has 2 amide bonds. The van der Waals surface area contributed by atoms with Gasteiger partial charge in [0.1, 0.15) is 9.88 Å². The molecule has 0 spiro atoms. The number of ether oxygens (including phenoxy) is 1. The Balaban J connectivity index is 2.84. The molecule has 21 heavy (non-hydrogen) atoms. The van der Waals surface area contributed by atoms with Gasteiger partial charge >= 0.3 is 0 Å². The first-order valence-corrected chi connectivity index (χ1v) is 7.66. The Bertz CT molecular complexity index is 502. The van der Waals surface area contributed by atoms with Gasteiger partial charge in [-0.3, -0.25) is 9.59 Å². The summed E-state index contributed by atoms with van der Waals surface area (Å²) in [4.78, 5) is 23.7. The van der Waals surface area contributed by atoms with E-state index in [0.29, 0.717) is 36.2 Å². The summed E-state index contributed by atoms with van der Waals surface area (Å²) in [5, 5.41) is 6.27. The van der Waals surface area contributed by atoms with Gasteiger partial charge in [0.15, 0.2) is 0 Å². The van der Waals surface area contributed by atoms with Gasteiger partial charge in [-0.25, -0.2) is 0 Å². The Morgan fingerprint density at radius 1 is 1.33 bits per heavy atom. The number of carbonyl (C=O) groups is 2. The second-order valence-electron chi connectivity index (χ2n) is 4.25. The Morgan fingerprint density at radius 2 is 2.05 bits per heavy atom. The first kappa shape index (κ1) is 17.3. The zero-order valence-electron chi connectivity index (χ0n) is 12.3. The first-order chi connectivity index (χ1) is 10.0. The molecule has 0 bridgehead atoms. The smallest absolute Gasteiger partial charge is 0.263 e. The van der Waals surface area contributed by atoms with Crippen molar-refractivity contribution in [3.05, 3.63) is 10.4 Å². The monoisotopic (exact) mass is 314 g/mol. The number of nitrogen functional groups attached to an aromatic ring is 1. The van der Waals surface area contributed by atoms with Crippen LogP contribution in [-0.4, -0.2) is 38.1 Å². The summed E-state index contributed by atoms with van der Waals surface area (Å²) >= 11 is 1.14. The summed E-state index contributed by atoms with van der Waals surface area (Å²) in [6.07, 6.45) is 0.778. The summed E-state index contributed by atoms with van der Waals surface area (Å²) < 4.78 is 5.23. The molecule has 1 aromatic heterocycles. The van der Waals surface area contributed by atoms with Crippen LogP contribution in [0.25, 0.3) is 0 Å². The lowest BCUT2D eigenvalue weighted by molar-refractivity contribution is 0.0960. The van der Waals surface area contributed by atoms with Gasteiger partial charge in [-0.1, -0.05) is 0 Å². The molecule has 0 saturated heterocycles. The lowest BCUT2D eigenvalue weighted by Crippen LogP contribution is -2.23. The van der Waals surface area contributed by atoms with Crippen molar-refractivity contribution in [1.29, 1.82) is 0 Å². The van der Waals surface area contributed by atoms with Crippen LogP contribution in [0, 0.1) is 0 Å². The van der Waals surface area contributed by atoms with Gasteiger partial charge in [0.2, 0.25) is 0 Å². The number of primary amides is 1. The number of hydrogen-bond acceptors (Lipinski definition) is 6. The molecule has 6 N–H and O–H groups in total. The van der Waals surface area contributed by atoms with Crippen molar-refractivity contribution < 1.29 is 14.3 Å². The lowest BCUT2D eigenvalue weighted by atomic mass is 10.2. The van der Waals surface area contributed by atoms with E-state index in [4.69, 9.17) is 16.2 Å². The number of amides is 2. The highest BCUT2D eigenvalue weighted by Gasteiger charge is 2.23. The van der Waals surface area contributed by atoms with Crippen molar-refractivity contribution >= 4 is 33.8 Å². The summed E-state index contributed by atoms with van der Waals surface area (Å²) in [5.74, 6) is -0.948. The molecule has 0 atom stereocenters. The number of thiophene rings is 1. The fourth-order valence-electron chi connectivity index (χ4n) is 1.74. The quantitative estimate of drug-likeness (QED) is 0.507. The van der Waals surface area contributed by atoms with E-state index in [1.54, 1.807) is 0 Å². The normalized spacial score (nSPS) is 10.4. The third kappa shape index (κ3) is 4.61. The van der Waals surface area contributed by atoms with Gasteiger partial charge in [0.25, 0.3) is 11.8 Å². The van der Waals surface area contributed by atoms with Crippen LogP contribution in [0.5, 0.6) is 0 Å². The zero-order chi connectivity index (χ0) is 15.8. The Labute approximate surface area is 128 Å². The largest absolute Gasteiger partial charge is 0.397 e. The van der Waals surface area contributed by atoms with Crippen LogP contribution in [0.2, 0.25) is 0 Å². The SMILES string of the molecule is CCNC(=O)c1sc(NCCCOCC)c(C(N)=O)c1N. The molecule has 1 aromatic rings. The maximum Gasteiger partial charge on any atom is 0.263 e. The second kappa shape index (κ2) is 8.48. The minimum Gasteiger partial charge on any atom is -0.397 e. The number of carbonyl (C=O) groups excluding carboxylic acids is 2. The number of hydrogen-bond donors (Lipinski definition) is 4. The Morgan fingerprint density at radius 3 is 2.62 bits per heavy atom. The molecule has 1 heterocycles. The van der Waals surface area contributed by atoms with E-state index in [9.17, 15) is 9.59 Å². The molecule has 118 valence electrons. The van der Waals surface area contributed by atoms with Gasteiger partial charge in [-0.2, -0.15) is 0 Å². The summed E-state index contributed by atoms with van der Waals surface area (Å²) in [6, 6.07) is 0. The number of nitrogens with one attached hydrogen (secondary N) is 2. The van der Waals surface area contributed by atoms with E-state index < -0.39 is 5.91 Å². The number of nitrogens with two attached hydrogens (primary N) is 2. The molecule has 8 heteroatoms. The zero-order valence-corrected chi connectivity index (χ0v) is 13.1. The molecule has 1 rings (SSSR count). The van der Waals surface area contributed by atoms with Crippen molar-refractivity contribution in [2.24, 2.45) is 5.73 Å². The predicted octanol–water partition coefficient (Wildman–Crippen LogP) is 1.02. The molecule has 0 aliphatic carbocycles. The first-order valence-electron chi connectivity index (χ1n) is 6.84. The maximum atomic E-state index is 11.9. The average Bonchev–Trinajstić information content (AvgIpc) is 2.76. The van der Waals surface area contributed by atoms with Crippen LogP contribution in [0.4, 0.5) is 10.7 Å². The maximum absolute atomic E-state index is 11.9. The van der Waals surface area contributed by atoms with Crippen molar-refractivity contribution in [2.45, 2.75) is 20.3 Å². The molecular weight excluding hydrogens is 292 g/mol. The lowest BCUT2D eigenvalue weighted by Gasteiger charge is -2.05. The summed E-state index contributed by atoms with van der Waals surface area (Å²) in [6.45, 7) is 6.12. The van der Waals surface area contributed by atoms with Gasteiger partial charge in [0.05, 0.1) is 11.3 Å². The van der Waals surface area contributed by atoms with Crippen LogP contribution >= 0.6 is 11.3 Å². The van der Waals surface area contributed by atoms with E-state index in [1.165, 1.54) is 0 Å². The molecule has 7 nitrogen and oxygen atoms in total. The van der Waals surface area contributed by atoms with E-state index >= 15 is 0 Å². The number of anilines is 2.